The predicted octanol–water partition coefficient (Wildman–Crippen LogP) is 10.4. The van der Waals surface area contributed by atoms with Gasteiger partial charge in [-0.05, 0) is 106 Å². The summed E-state index contributed by atoms with van der Waals surface area (Å²) in [7, 11) is 0. The Hall–Kier alpha value is -4.31. The number of rotatable bonds is 7. The molecule has 5 N–H and O–H groups in total. The molecule has 0 saturated carbocycles. The molecule has 6 rings (SSSR count). The van der Waals surface area contributed by atoms with Crippen LogP contribution in [0.25, 0.3) is 44.6 Å². The van der Waals surface area contributed by atoms with Crippen molar-refractivity contribution in [3.63, 3.8) is 0 Å². The van der Waals surface area contributed by atoms with Gasteiger partial charge in [0.2, 0.25) is 0 Å². The first-order valence-electron chi connectivity index (χ1n) is 14.2. The van der Waals surface area contributed by atoms with E-state index in [0.29, 0.717) is 49.0 Å². The number of fused-ring (bicyclic) bond motifs is 2. The summed E-state index contributed by atoms with van der Waals surface area (Å²) in [6.45, 7) is 3.79. The topological polar surface area (TPSA) is 183 Å². The minimum absolute atomic E-state index is 0. The molecule has 51 heavy (non-hydrogen) atoms. The second-order valence-electron chi connectivity index (χ2n) is 9.99. The van der Waals surface area contributed by atoms with Crippen molar-refractivity contribution in [3.05, 3.63) is 115 Å². The van der Waals surface area contributed by atoms with E-state index in [9.17, 15) is 28.5 Å². The van der Waals surface area contributed by atoms with E-state index < -0.39 is 22.7 Å². The maximum atomic E-state index is 13.2. The van der Waals surface area contributed by atoms with Crippen molar-refractivity contribution in [1.29, 1.82) is 0 Å². The fourth-order valence-corrected chi connectivity index (χ4v) is 5.63. The van der Waals surface area contributed by atoms with Crippen LogP contribution in [0.1, 0.15) is 34.6 Å². The standard InChI is InChI=1S/C17H11BrFNO5.C17H13BrFNO3.ClH.Fe.H3N/c1-2-24-17(21)15-11-7-12(18)13(20(22)23)8-14(11)25-16(15)9-3-5-10(19)6-4-9;1-2-22-17(21)15-11-7-12(18)13(20)8-14(11)23-16(15)9-3-5-10(19)6-4-9;;;/h3-8H,2H2,1H3;3-8H,2,20H2,1H3;1H;;1H3. The molecule has 17 heteroatoms. The third kappa shape index (κ3) is 9.14. The molecule has 0 atom stereocenters. The van der Waals surface area contributed by atoms with Crippen LogP contribution in [0.4, 0.5) is 20.2 Å². The average molecular weight is 896 g/mol. The molecule has 11 nitrogen and oxygen atoms in total. The molecule has 0 aliphatic heterocycles. The van der Waals surface area contributed by atoms with Gasteiger partial charge in [0.05, 0.1) is 28.7 Å². The zero-order chi connectivity index (χ0) is 34.7. The molecule has 0 fully saturated rings. The van der Waals surface area contributed by atoms with Gasteiger partial charge in [-0.1, -0.05) is 0 Å². The molecular formula is C34H28Br2ClF2FeN3O8. The van der Waals surface area contributed by atoms with Crippen LogP contribution < -0.4 is 11.9 Å². The maximum absolute atomic E-state index is 13.2. The van der Waals surface area contributed by atoms with Gasteiger partial charge in [-0.15, -0.1) is 12.4 Å². The summed E-state index contributed by atoms with van der Waals surface area (Å²) in [5.74, 6) is -1.43. The third-order valence-corrected chi connectivity index (χ3v) is 8.26. The number of anilines is 1. The molecule has 4 aromatic carbocycles. The Kier molecular flexibility index (Phi) is 15.3. The summed E-state index contributed by atoms with van der Waals surface area (Å²) >= 11 is 6.48. The Morgan fingerprint density at radius 3 is 1.55 bits per heavy atom. The number of halogens is 5. The van der Waals surface area contributed by atoms with Gasteiger partial charge in [-0.2, -0.15) is 0 Å². The quantitative estimate of drug-likeness (QED) is 0.0514. The second kappa shape index (κ2) is 18.3. The summed E-state index contributed by atoms with van der Waals surface area (Å²) in [6, 6.07) is 17.1. The van der Waals surface area contributed by atoms with E-state index in [-0.39, 0.29) is 81.7 Å². The minimum atomic E-state index is -0.624. The Balaban J connectivity index is 0.000000335. The predicted molar refractivity (Wildman–Crippen MR) is 194 cm³/mol. The van der Waals surface area contributed by atoms with Crippen LogP contribution >= 0.6 is 44.3 Å². The summed E-state index contributed by atoms with van der Waals surface area (Å²) in [6.07, 6.45) is 0. The van der Waals surface area contributed by atoms with Gasteiger partial charge in [0.15, 0.2) is 0 Å². The number of hydrogen-bond donors (Lipinski definition) is 2. The van der Waals surface area contributed by atoms with E-state index in [0.717, 1.165) is 0 Å². The van der Waals surface area contributed by atoms with Crippen LogP contribution in [-0.4, -0.2) is 30.1 Å². The molecule has 0 bridgehead atoms. The minimum Gasteiger partial charge on any atom is -0.462 e. The summed E-state index contributed by atoms with van der Waals surface area (Å²) < 4.78 is 48.9. The number of carbonyl (C=O) groups is 2. The number of esters is 2. The van der Waals surface area contributed by atoms with Gasteiger partial charge in [-0.3, -0.25) is 10.1 Å². The fourth-order valence-electron chi connectivity index (χ4n) is 4.80. The van der Waals surface area contributed by atoms with Gasteiger partial charge in [0.25, 0.3) is 5.69 Å². The van der Waals surface area contributed by atoms with Crippen molar-refractivity contribution in [2.75, 3.05) is 18.9 Å². The molecular weight excluding hydrogens is 867 g/mol. The van der Waals surface area contributed by atoms with Gasteiger partial charge in [-0.25, -0.2) is 18.4 Å². The number of carbonyl (C=O) groups excluding carboxylic acids is 2. The number of nitrogens with two attached hydrogens (primary N) is 1. The number of nitrogen functional groups attached to an aromatic ring is 1. The Morgan fingerprint density at radius 1 is 0.765 bits per heavy atom. The summed E-state index contributed by atoms with van der Waals surface area (Å²) in [5.41, 5.74) is 8.28. The Morgan fingerprint density at radius 2 is 1.16 bits per heavy atom. The molecule has 2 heterocycles. The van der Waals surface area contributed by atoms with Crippen LogP contribution in [-0.2, 0) is 26.5 Å². The second-order valence-corrected chi connectivity index (χ2v) is 11.7. The normalized spacial score (nSPS) is 10.2. The van der Waals surface area contributed by atoms with E-state index in [1.54, 1.807) is 38.1 Å². The number of benzene rings is 4. The maximum Gasteiger partial charge on any atom is 0.342 e. The zero-order valence-electron chi connectivity index (χ0n) is 26.6. The van der Waals surface area contributed by atoms with Crippen LogP contribution in [0.5, 0.6) is 0 Å². The van der Waals surface area contributed by atoms with Crippen molar-refractivity contribution >= 4 is 89.5 Å². The van der Waals surface area contributed by atoms with Gasteiger partial charge in [0.1, 0.15) is 45.4 Å². The summed E-state index contributed by atoms with van der Waals surface area (Å²) in [4.78, 5) is 35.3. The van der Waals surface area contributed by atoms with E-state index in [4.69, 9.17) is 24.0 Å². The summed E-state index contributed by atoms with van der Waals surface area (Å²) in [5, 5.41) is 12.1. The van der Waals surface area contributed by atoms with Crippen molar-refractivity contribution in [2.24, 2.45) is 0 Å². The SMILES string of the molecule is CCOC(=O)c1c(-c2ccc(F)cc2)oc2cc(N)c(Br)cc12.CCOC(=O)c1c(-c2ccc(F)cc2)oc2cc([N+](=O)[O-])c(Br)cc12.Cl.N.[Fe]. The monoisotopic (exact) mass is 893 g/mol. The van der Waals surface area contributed by atoms with Gasteiger partial charge < -0.3 is 30.2 Å². The molecule has 0 aliphatic rings. The van der Waals surface area contributed by atoms with Crippen LogP contribution in [0.15, 0.2) is 90.6 Å². The Labute approximate surface area is 322 Å². The zero-order valence-corrected chi connectivity index (χ0v) is 31.7. The number of nitrogens with zero attached hydrogens (tertiary/aromatic N) is 1. The van der Waals surface area contributed by atoms with Crippen LogP contribution in [0.3, 0.4) is 0 Å². The molecule has 0 radical (unpaired) electrons. The molecule has 270 valence electrons. The molecule has 0 saturated heterocycles. The van der Waals surface area contributed by atoms with Crippen LogP contribution in [0, 0.1) is 21.7 Å². The molecule has 0 unspecified atom stereocenters. The van der Waals surface area contributed by atoms with Crippen molar-refractivity contribution in [3.8, 4) is 22.6 Å². The molecule has 0 spiro atoms. The first-order valence-corrected chi connectivity index (χ1v) is 15.8. The van der Waals surface area contributed by atoms with E-state index >= 15 is 0 Å². The van der Waals surface area contributed by atoms with Crippen molar-refractivity contribution in [2.45, 2.75) is 13.8 Å². The number of nitro benzene ring substituents is 1. The fraction of sp³-hybridized carbons (Fsp3) is 0.118. The van der Waals surface area contributed by atoms with Crippen molar-refractivity contribution in [1.82, 2.24) is 6.15 Å². The van der Waals surface area contributed by atoms with Crippen molar-refractivity contribution < 1.29 is 58.7 Å². The number of nitro groups is 1. The number of ether oxygens (including phenoxy) is 2. The molecule has 2 aromatic heterocycles. The van der Waals surface area contributed by atoms with Gasteiger partial charge in [0, 0.05) is 55.2 Å². The number of hydrogen-bond acceptors (Lipinski definition) is 10. The molecule has 0 aliphatic carbocycles. The molecule has 0 amide bonds. The first-order chi connectivity index (χ1) is 22.9. The largest absolute Gasteiger partial charge is 0.462 e. The van der Waals surface area contributed by atoms with Crippen LogP contribution in [0.2, 0.25) is 0 Å². The Bertz CT molecular complexity index is 2200. The smallest absolute Gasteiger partial charge is 0.342 e. The number of furan rings is 2. The average Bonchev–Trinajstić information content (AvgIpc) is 3.60. The van der Waals surface area contributed by atoms with Gasteiger partial charge >= 0.3 is 11.9 Å². The first kappa shape index (κ1) is 42.9. The third-order valence-electron chi connectivity index (χ3n) is 6.93. The van der Waals surface area contributed by atoms with E-state index in [2.05, 4.69) is 31.9 Å². The molecule has 6 aromatic rings. The van der Waals surface area contributed by atoms with E-state index in [1.807, 2.05) is 0 Å². The van der Waals surface area contributed by atoms with E-state index in [1.165, 1.54) is 48.5 Å².